The van der Waals surface area contributed by atoms with Crippen molar-refractivity contribution >= 4 is 11.8 Å². The maximum Gasteiger partial charge on any atom is 0.411 e. The molecular weight excluding hydrogens is 220 g/mol. The smallest absolute Gasteiger partial charge is 0.411 e. The first-order chi connectivity index (χ1) is 8.29. The molecule has 0 radical (unpaired) electrons. The van der Waals surface area contributed by atoms with E-state index in [1.54, 1.807) is 31.5 Å². The number of benzene rings is 1. The minimum Gasteiger partial charge on any atom is -0.450 e. The van der Waals surface area contributed by atoms with Crippen molar-refractivity contribution in [3.63, 3.8) is 0 Å². The van der Waals surface area contributed by atoms with E-state index in [0.29, 0.717) is 12.3 Å². The van der Waals surface area contributed by atoms with Crippen LogP contribution >= 0.6 is 0 Å². The second kappa shape index (κ2) is 5.11. The molecule has 1 amide bonds. The van der Waals surface area contributed by atoms with Crippen LogP contribution in [-0.2, 0) is 4.74 Å². The molecule has 2 rings (SSSR count). The number of rotatable bonds is 3. The first kappa shape index (κ1) is 11.1. The Morgan fingerprint density at radius 2 is 1.94 bits per heavy atom. The van der Waals surface area contributed by atoms with Crippen molar-refractivity contribution in [2.24, 2.45) is 0 Å². The molecule has 1 aromatic heterocycles. The third kappa shape index (κ3) is 2.81. The molecule has 0 spiro atoms. The Morgan fingerprint density at radius 3 is 2.53 bits per heavy atom. The second-order valence-corrected chi connectivity index (χ2v) is 3.21. The van der Waals surface area contributed by atoms with Crippen LogP contribution in [0.5, 0.6) is 0 Å². The Balaban J connectivity index is 2.06. The normalized spacial score (nSPS) is 9.94. The van der Waals surface area contributed by atoms with Gasteiger partial charge in [-0.25, -0.2) is 4.79 Å². The summed E-state index contributed by atoms with van der Waals surface area (Å²) in [5.74, 6) is 0. The molecule has 1 aromatic carbocycles. The summed E-state index contributed by atoms with van der Waals surface area (Å²) in [7, 11) is 0. The summed E-state index contributed by atoms with van der Waals surface area (Å²) in [5, 5.41) is 10.6. The number of ether oxygens (including phenoxy) is 1. The van der Waals surface area contributed by atoms with Crippen LogP contribution in [0.3, 0.4) is 0 Å². The molecule has 0 aliphatic rings. The first-order valence-electron chi connectivity index (χ1n) is 5.20. The van der Waals surface area contributed by atoms with Crippen LogP contribution in [0.1, 0.15) is 6.92 Å². The van der Waals surface area contributed by atoms with Crippen LogP contribution in [0.15, 0.2) is 36.7 Å². The van der Waals surface area contributed by atoms with Crippen LogP contribution in [0.4, 0.5) is 10.5 Å². The zero-order valence-electron chi connectivity index (χ0n) is 9.33. The number of amides is 1. The fourth-order valence-electron chi connectivity index (χ4n) is 1.31. The van der Waals surface area contributed by atoms with Gasteiger partial charge in [0.15, 0.2) is 0 Å². The quantitative estimate of drug-likeness (QED) is 0.876. The lowest BCUT2D eigenvalue weighted by Gasteiger charge is -2.05. The van der Waals surface area contributed by atoms with E-state index in [1.165, 1.54) is 4.80 Å². The summed E-state index contributed by atoms with van der Waals surface area (Å²) < 4.78 is 4.77. The van der Waals surface area contributed by atoms with Crippen molar-refractivity contribution in [2.45, 2.75) is 6.92 Å². The van der Waals surface area contributed by atoms with E-state index in [-0.39, 0.29) is 0 Å². The average molecular weight is 232 g/mol. The van der Waals surface area contributed by atoms with Crippen molar-refractivity contribution in [3.8, 4) is 5.69 Å². The summed E-state index contributed by atoms with van der Waals surface area (Å²) in [5.41, 5.74) is 1.49. The highest BCUT2D eigenvalue weighted by atomic mass is 16.5. The Labute approximate surface area is 98.2 Å². The summed E-state index contributed by atoms with van der Waals surface area (Å²) in [4.78, 5) is 12.7. The van der Waals surface area contributed by atoms with Gasteiger partial charge in [-0.2, -0.15) is 15.0 Å². The van der Waals surface area contributed by atoms with Crippen molar-refractivity contribution in [1.29, 1.82) is 0 Å². The van der Waals surface area contributed by atoms with Crippen LogP contribution < -0.4 is 5.32 Å². The predicted octanol–water partition coefficient (Wildman–Crippen LogP) is 1.84. The minimum absolute atomic E-state index is 0.348. The predicted molar refractivity (Wildman–Crippen MR) is 62.0 cm³/mol. The lowest BCUT2D eigenvalue weighted by molar-refractivity contribution is 0.168. The van der Waals surface area contributed by atoms with E-state index in [1.807, 2.05) is 12.1 Å². The van der Waals surface area contributed by atoms with E-state index < -0.39 is 6.09 Å². The van der Waals surface area contributed by atoms with Gasteiger partial charge in [-0.3, -0.25) is 5.32 Å². The van der Waals surface area contributed by atoms with Crippen LogP contribution in [0.2, 0.25) is 0 Å². The maximum atomic E-state index is 11.2. The number of carbonyl (C=O) groups is 1. The van der Waals surface area contributed by atoms with Crippen molar-refractivity contribution < 1.29 is 9.53 Å². The molecule has 0 aliphatic heterocycles. The molecule has 6 nitrogen and oxygen atoms in total. The van der Waals surface area contributed by atoms with Gasteiger partial charge in [-0.05, 0) is 31.2 Å². The Morgan fingerprint density at radius 1 is 1.29 bits per heavy atom. The Bertz CT molecular complexity index is 479. The summed E-state index contributed by atoms with van der Waals surface area (Å²) in [6.07, 6.45) is 2.74. The fraction of sp³-hybridized carbons (Fsp3) is 0.182. The van der Waals surface area contributed by atoms with Gasteiger partial charge in [0.2, 0.25) is 0 Å². The van der Waals surface area contributed by atoms with Gasteiger partial charge in [-0.15, -0.1) is 0 Å². The molecule has 2 aromatic rings. The molecule has 0 aliphatic carbocycles. The van der Waals surface area contributed by atoms with Gasteiger partial charge in [0, 0.05) is 5.69 Å². The molecule has 1 N–H and O–H groups in total. The molecule has 0 saturated carbocycles. The molecule has 0 bridgehead atoms. The number of hydrogen-bond acceptors (Lipinski definition) is 4. The van der Waals surface area contributed by atoms with Gasteiger partial charge in [0.1, 0.15) is 0 Å². The lowest BCUT2D eigenvalue weighted by Crippen LogP contribution is -2.13. The van der Waals surface area contributed by atoms with Crippen molar-refractivity contribution in [2.75, 3.05) is 11.9 Å². The highest BCUT2D eigenvalue weighted by Crippen LogP contribution is 2.11. The van der Waals surface area contributed by atoms with Gasteiger partial charge < -0.3 is 4.74 Å². The Kier molecular flexibility index (Phi) is 3.34. The largest absolute Gasteiger partial charge is 0.450 e. The third-order valence-corrected chi connectivity index (χ3v) is 2.04. The zero-order chi connectivity index (χ0) is 12.1. The highest BCUT2D eigenvalue weighted by Gasteiger charge is 2.02. The molecule has 1 heterocycles. The molecule has 17 heavy (non-hydrogen) atoms. The molecule has 0 unspecified atom stereocenters. The van der Waals surface area contributed by atoms with E-state index >= 15 is 0 Å². The van der Waals surface area contributed by atoms with Crippen LogP contribution in [0, 0.1) is 0 Å². The number of anilines is 1. The number of nitrogens with zero attached hydrogens (tertiary/aromatic N) is 3. The molecule has 6 heteroatoms. The van der Waals surface area contributed by atoms with Gasteiger partial charge in [0.25, 0.3) is 0 Å². The SMILES string of the molecule is CCOC(=O)Nc1ccc(-n2nccn2)cc1. The summed E-state index contributed by atoms with van der Waals surface area (Å²) in [6.45, 7) is 2.10. The number of aromatic nitrogens is 3. The first-order valence-corrected chi connectivity index (χ1v) is 5.20. The number of hydrogen-bond donors (Lipinski definition) is 1. The van der Waals surface area contributed by atoms with Crippen LogP contribution in [0.25, 0.3) is 5.69 Å². The topological polar surface area (TPSA) is 69.0 Å². The van der Waals surface area contributed by atoms with Crippen molar-refractivity contribution in [1.82, 2.24) is 15.0 Å². The standard InChI is InChI=1S/C11H12N4O2/c1-2-17-11(16)14-9-3-5-10(6-4-9)15-12-7-8-13-15/h3-8H,2H2,1H3,(H,14,16). The molecule has 0 fully saturated rings. The molecule has 0 saturated heterocycles. The van der Waals surface area contributed by atoms with Crippen molar-refractivity contribution in [3.05, 3.63) is 36.7 Å². The van der Waals surface area contributed by atoms with Gasteiger partial charge in [-0.1, -0.05) is 0 Å². The molecular formula is C11H12N4O2. The van der Waals surface area contributed by atoms with Gasteiger partial charge >= 0.3 is 6.09 Å². The monoisotopic (exact) mass is 232 g/mol. The highest BCUT2D eigenvalue weighted by molar-refractivity contribution is 5.84. The summed E-state index contributed by atoms with van der Waals surface area (Å²) in [6, 6.07) is 7.13. The minimum atomic E-state index is -0.461. The number of nitrogens with one attached hydrogen (secondary N) is 1. The van der Waals surface area contributed by atoms with E-state index in [2.05, 4.69) is 15.5 Å². The third-order valence-electron chi connectivity index (χ3n) is 2.04. The van der Waals surface area contributed by atoms with E-state index in [4.69, 9.17) is 4.74 Å². The van der Waals surface area contributed by atoms with Crippen LogP contribution in [-0.4, -0.2) is 27.7 Å². The second-order valence-electron chi connectivity index (χ2n) is 3.21. The lowest BCUT2D eigenvalue weighted by atomic mass is 10.3. The van der Waals surface area contributed by atoms with E-state index in [0.717, 1.165) is 5.69 Å². The Hall–Kier alpha value is -2.37. The average Bonchev–Trinajstić information content (AvgIpc) is 2.84. The fourth-order valence-corrected chi connectivity index (χ4v) is 1.31. The van der Waals surface area contributed by atoms with Gasteiger partial charge in [0.05, 0.1) is 24.7 Å². The number of carbonyl (C=O) groups excluding carboxylic acids is 1. The van der Waals surface area contributed by atoms with E-state index in [9.17, 15) is 4.79 Å². The summed E-state index contributed by atoms with van der Waals surface area (Å²) >= 11 is 0. The maximum absolute atomic E-state index is 11.2. The molecule has 0 atom stereocenters. The zero-order valence-corrected chi connectivity index (χ0v) is 9.33. The molecule has 88 valence electrons.